The highest BCUT2D eigenvalue weighted by molar-refractivity contribution is 6.31. The number of aryl methyl sites for hydroxylation is 2. The van der Waals surface area contributed by atoms with Crippen LogP contribution in [0.3, 0.4) is 0 Å². The average Bonchev–Trinajstić information content (AvgIpc) is 3.02. The topological polar surface area (TPSA) is 51.5 Å². The molecule has 0 radical (unpaired) electrons. The van der Waals surface area contributed by atoms with Crippen LogP contribution >= 0.6 is 11.6 Å². The summed E-state index contributed by atoms with van der Waals surface area (Å²) >= 11 is 6.28. The van der Waals surface area contributed by atoms with Crippen LogP contribution in [0, 0.1) is 19.8 Å². The SMILES string of the molecule is Cc1ccc(-n2c(C)ccc2-c2cc(Cl)ccc2OCC(C)C)cc1C(=O)O. The number of aromatic carboxylic acids is 1. The zero-order chi connectivity index (χ0) is 20.4. The van der Waals surface area contributed by atoms with Crippen LogP contribution in [0.1, 0.15) is 35.5 Å². The van der Waals surface area contributed by atoms with Crippen molar-refractivity contribution in [2.75, 3.05) is 6.61 Å². The van der Waals surface area contributed by atoms with Crippen molar-refractivity contribution in [3.05, 3.63) is 70.4 Å². The van der Waals surface area contributed by atoms with E-state index in [2.05, 4.69) is 13.8 Å². The van der Waals surface area contributed by atoms with Gasteiger partial charge in [0.15, 0.2) is 0 Å². The maximum Gasteiger partial charge on any atom is 0.336 e. The van der Waals surface area contributed by atoms with E-state index in [4.69, 9.17) is 16.3 Å². The lowest BCUT2D eigenvalue weighted by atomic mass is 10.1. The number of ether oxygens (including phenoxy) is 1. The Hall–Kier alpha value is -2.72. The van der Waals surface area contributed by atoms with Crippen LogP contribution in [0.5, 0.6) is 5.75 Å². The normalized spacial score (nSPS) is 11.1. The summed E-state index contributed by atoms with van der Waals surface area (Å²) in [6, 6.07) is 15.0. The molecular formula is C23H24ClNO3. The van der Waals surface area contributed by atoms with Crippen molar-refractivity contribution in [2.45, 2.75) is 27.7 Å². The molecule has 0 unspecified atom stereocenters. The largest absolute Gasteiger partial charge is 0.493 e. The molecule has 5 heteroatoms. The Labute approximate surface area is 170 Å². The van der Waals surface area contributed by atoms with Gasteiger partial charge in [-0.1, -0.05) is 31.5 Å². The van der Waals surface area contributed by atoms with E-state index >= 15 is 0 Å². The summed E-state index contributed by atoms with van der Waals surface area (Å²) in [5.41, 5.74) is 4.57. The minimum absolute atomic E-state index is 0.291. The molecule has 2 aromatic carbocycles. The van der Waals surface area contributed by atoms with Crippen molar-refractivity contribution in [1.82, 2.24) is 4.57 Å². The van der Waals surface area contributed by atoms with Gasteiger partial charge in [0.2, 0.25) is 0 Å². The molecule has 28 heavy (non-hydrogen) atoms. The highest BCUT2D eigenvalue weighted by atomic mass is 35.5. The third-order valence-corrected chi connectivity index (χ3v) is 4.81. The number of hydrogen-bond acceptors (Lipinski definition) is 2. The van der Waals surface area contributed by atoms with E-state index < -0.39 is 5.97 Å². The van der Waals surface area contributed by atoms with Gasteiger partial charge in [0.1, 0.15) is 5.75 Å². The molecule has 3 rings (SSSR count). The van der Waals surface area contributed by atoms with E-state index in [1.54, 1.807) is 13.0 Å². The molecule has 0 aliphatic rings. The number of carbonyl (C=O) groups is 1. The third kappa shape index (κ3) is 4.07. The van der Waals surface area contributed by atoms with Crippen molar-refractivity contribution in [1.29, 1.82) is 0 Å². The summed E-state index contributed by atoms with van der Waals surface area (Å²) in [5, 5.41) is 10.1. The number of hydrogen-bond donors (Lipinski definition) is 1. The van der Waals surface area contributed by atoms with Crippen LogP contribution in [-0.2, 0) is 0 Å². The van der Waals surface area contributed by atoms with Crippen molar-refractivity contribution >= 4 is 17.6 Å². The van der Waals surface area contributed by atoms with E-state index in [0.717, 1.165) is 34.0 Å². The third-order valence-electron chi connectivity index (χ3n) is 4.58. The first kappa shape index (κ1) is 20.0. The van der Waals surface area contributed by atoms with Gasteiger partial charge in [0.25, 0.3) is 0 Å². The molecule has 1 N–H and O–H groups in total. The standard InChI is InChI=1S/C23H24ClNO3/c1-14(2)13-28-22-10-7-17(24)11-20(22)21-9-6-16(4)25(21)18-8-5-15(3)19(12-18)23(26)27/h5-12,14H,13H2,1-4H3,(H,26,27). The van der Waals surface area contributed by atoms with Gasteiger partial charge in [0, 0.05) is 22.0 Å². The molecule has 146 valence electrons. The van der Waals surface area contributed by atoms with Gasteiger partial charge in [-0.25, -0.2) is 4.79 Å². The monoisotopic (exact) mass is 397 g/mol. The second kappa shape index (κ2) is 8.11. The second-order valence-corrected chi connectivity index (χ2v) is 7.78. The molecule has 0 fully saturated rings. The fourth-order valence-corrected chi connectivity index (χ4v) is 3.33. The molecule has 0 atom stereocenters. The maximum atomic E-state index is 11.6. The zero-order valence-corrected chi connectivity index (χ0v) is 17.2. The number of benzene rings is 2. The predicted molar refractivity (Wildman–Crippen MR) is 113 cm³/mol. The average molecular weight is 398 g/mol. The maximum absolute atomic E-state index is 11.6. The lowest BCUT2D eigenvalue weighted by Crippen LogP contribution is -2.07. The van der Waals surface area contributed by atoms with Crippen LogP contribution < -0.4 is 4.74 Å². The van der Waals surface area contributed by atoms with Crippen molar-refractivity contribution in [3.63, 3.8) is 0 Å². The fraction of sp³-hybridized carbons (Fsp3) is 0.261. The Morgan fingerprint density at radius 3 is 2.54 bits per heavy atom. The van der Waals surface area contributed by atoms with Gasteiger partial charge in [0.05, 0.1) is 17.9 Å². The number of nitrogens with zero attached hydrogens (tertiary/aromatic N) is 1. The molecule has 0 spiro atoms. The van der Waals surface area contributed by atoms with E-state index in [0.29, 0.717) is 23.1 Å². The Kier molecular flexibility index (Phi) is 5.80. The predicted octanol–water partition coefficient (Wildman–Crippen LogP) is 6.15. The van der Waals surface area contributed by atoms with Crippen LogP contribution in [0.25, 0.3) is 16.9 Å². The quantitative estimate of drug-likeness (QED) is 0.542. The highest BCUT2D eigenvalue weighted by Crippen LogP contribution is 2.36. The molecule has 0 aliphatic carbocycles. The van der Waals surface area contributed by atoms with Gasteiger partial charge in [-0.3, -0.25) is 0 Å². The second-order valence-electron chi connectivity index (χ2n) is 7.35. The molecule has 0 bridgehead atoms. The summed E-state index contributed by atoms with van der Waals surface area (Å²) in [4.78, 5) is 11.6. The first-order valence-corrected chi connectivity index (χ1v) is 9.61. The van der Waals surface area contributed by atoms with E-state index in [1.165, 1.54) is 0 Å². The number of rotatable bonds is 6. The lowest BCUT2D eigenvalue weighted by molar-refractivity contribution is 0.0696. The van der Waals surface area contributed by atoms with Gasteiger partial charge >= 0.3 is 5.97 Å². The summed E-state index contributed by atoms with van der Waals surface area (Å²) in [6.07, 6.45) is 0. The van der Waals surface area contributed by atoms with E-state index in [9.17, 15) is 9.90 Å². The summed E-state index contributed by atoms with van der Waals surface area (Å²) in [6.45, 7) is 8.58. The molecule has 3 aromatic rings. The molecule has 1 aromatic heterocycles. The van der Waals surface area contributed by atoms with Crippen molar-refractivity contribution in [2.24, 2.45) is 5.92 Å². The lowest BCUT2D eigenvalue weighted by Gasteiger charge is -2.17. The molecule has 0 saturated heterocycles. The Balaban J connectivity index is 2.16. The van der Waals surface area contributed by atoms with Crippen LogP contribution in [0.15, 0.2) is 48.5 Å². The first-order chi connectivity index (χ1) is 13.3. The molecule has 0 saturated carbocycles. The van der Waals surface area contributed by atoms with Gasteiger partial charge in [-0.2, -0.15) is 0 Å². The zero-order valence-electron chi connectivity index (χ0n) is 16.5. The Morgan fingerprint density at radius 1 is 1.11 bits per heavy atom. The van der Waals surface area contributed by atoms with Gasteiger partial charge in [-0.15, -0.1) is 0 Å². The highest BCUT2D eigenvalue weighted by Gasteiger charge is 2.17. The Bertz CT molecular complexity index is 1020. The van der Waals surface area contributed by atoms with Crippen molar-refractivity contribution < 1.29 is 14.6 Å². The molecule has 0 aliphatic heterocycles. The van der Waals surface area contributed by atoms with Crippen LogP contribution in [-0.4, -0.2) is 22.2 Å². The number of carboxylic acid groups (broad SMARTS) is 1. The molecule has 4 nitrogen and oxygen atoms in total. The number of carboxylic acids is 1. The van der Waals surface area contributed by atoms with E-state index in [1.807, 2.05) is 54.0 Å². The van der Waals surface area contributed by atoms with Gasteiger partial charge in [-0.05, 0) is 67.8 Å². The fourth-order valence-electron chi connectivity index (χ4n) is 3.16. The summed E-state index contributed by atoms with van der Waals surface area (Å²) in [7, 11) is 0. The number of halogens is 1. The minimum atomic E-state index is -0.936. The number of aromatic nitrogens is 1. The summed E-state index contributed by atoms with van der Waals surface area (Å²) < 4.78 is 8.05. The molecule has 1 heterocycles. The molecule has 0 amide bonds. The van der Waals surface area contributed by atoms with Crippen molar-refractivity contribution in [3.8, 4) is 22.7 Å². The van der Waals surface area contributed by atoms with Gasteiger partial charge < -0.3 is 14.4 Å². The van der Waals surface area contributed by atoms with Crippen LogP contribution in [0.4, 0.5) is 0 Å². The summed E-state index contributed by atoms with van der Waals surface area (Å²) in [5.74, 6) is 0.213. The van der Waals surface area contributed by atoms with Crippen LogP contribution in [0.2, 0.25) is 5.02 Å². The Morgan fingerprint density at radius 2 is 1.86 bits per heavy atom. The van der Waals surface area contributed by atoms with E-state index in [-0.39, 0.29) is 0 Å². The minimum Gasteiger partial charge on any atom is -0.493 e. The smallest absolute Gasteiger partial charge is 0.336 e. The molecular weight excluding hydrogens is 374 g/mol. The first-order valence-electron chi connectivity index (χ1n) is 9.23.